The predicted molar refractivity (Wildman–Crippen MR) is 103 cm³/mol. The van der Waals surface area contributed by atoms with Crippen molar-refractivity contribution in [1.82, 2.24) is 10.2 Å². The zero-order valence-corrected chi connectivity index (χ0v) is 15.5. The van der Waals surface area contributed by atoms with Crippen LogP contribution >= 0.6 is 0 Å². The molecule has 4 rings (SSSR count). The van der Waals surface area contributed by atoms with Gasteiger partial charge in [-0.2, -0.15) is 5.10 Å². The molecule has 1 unspecified atom stereocenters. The third kappa shape index (κ3) is 2.90. The second-order valence-electron chi connectivity index (χ2n) is 6.24. The van der Waals surface area contributed by atoms with Crippen molar-refractivity contribution in [3.05, 3.63) is 71.2 Å². The summed E-state index contributed by atoms with van der Waals surface area (Å²) in [6, 6.07) is 14.9. The first kappa shape index (κ1) is 17.8. The van der Waals surface area contributed by atoms with Crippen molar-refractivity contribution in [3.8, 4) is 11.5 Å². The van der Waals surface area contributed by atoms with Gasteiger partial charge in [0.05, 0.1) is 30.5 Å². The minimum atomic E-state index is -0.549. The zero-order chi connectivity index (χ0) is 19.7. The molecule has 0 aliphatic carbocycles. The third-order valence-corrected chi connectivity index (χ3v) is 4.61. The van der Waals surface area contributed by atoms with Gasteiger partial charge < -0.3 is 19.9 Å². The second-order valence-corrected chi connectivity index (χ2v) is 6.24. The highest BCUT2D eigenvalue weighted by Crippen LogP contribution is 2.44. The molecule has 7 nitrogen and oxygen atoms in total. The van der Waals surface area contributed by atoms with E-state index in [0.717, 1.165) is 5.56 Å². The van der Waals surface area contributed by atoms with Gasteiger partial charge in [0.2, 0.25) is 5.88 Å². The van der Waals surface area contributed by atoms with Crippen LogP contribution in [0.1, 0.15) is 24.1 Å². The second kappa shape index (κ2) is 7.19. The Hall–Kier alpha value is -3.61. The first-order valence-corrected chi connectivity index (χ1v) is 8.88. The zero-order valence-electron chi connectivity index (χ0n) is 15.5. The van der Waals surface area contributed by atoms with Crippen molar-refractivity contribution < 1.29 is 19.0 Å². The smallest absolute Gasteiger partial charge is 0.340 e. The first-order chi connectivity index (χ1) is 13.6. The minimum absolute atomic E-state index is 0.00285. The molecule has 2 N–H and O–H groups in total. The topological polar surface area (TPSA) is 96.6 Å². The largest absolute Gasteiger partial charge is 0.497 e. The summed E-state index contributed by atoms with van der Waals surface area (Å²) in [5, 5.41) is 9.39. The van der Waals surface area contributed by atoms with E-state index in [0.29, 0.717) is 28.1 Å². The summed E-state index contributed by atoms with van der Waals surface area (Å²) in [5.41, 5.74) is 8.39. The monoisotopic (exact) mass is 377 g/mol. The molecule has 0 saturated carbocycles. The quantitative estimate of drug-likeness (QED) is 0.698. The standard InChI is InChI=1S/C21H19N3O4/c1-3-27-21(25)17-16(12-7-5-4-6-8-12)18-19(28-20(17)22)14-11-13(26-2)9-10-15(14)23-24-18/h4-11,16H,3,22H2,1-2H3. The number of nitrogens with two attached hydrogens (primary N) is 1. The summed E-state index contributed by atoms with van der Waals surface area (Å²) in [5.74, 6) is 0.0284. The molecule has 2 aromatic carbocycles. The Morgan fingerprint density at radius 3 is 2.68 bits per heavy atom. The number of methoxy groups -OCH3 is 1. The molecule has 0 fully saturated rings. The van der Waals surface area contributed by atoms with Crippen LogP contribution in [-0.4, -0.2) is 29.9 Å². The van der Waals surface area contributed by atoms with Gasteiger partial charge in [-0.15, -0.1) is 5.10 Å². The molecule has 3 aromatic rings. The van der Waals surface area contributed by atoms with E-state index in [9.17, 15) is 4.79 Å². The van der Waals surface area contributed by atoms with Crippen molar-refractivity contribution in [3.63, 3.8) is 0 Å². The van der Waals surface area contributed by atoms with Crippen LogP contribution in [0.3, 0.4) is 0 Å². The fourth-order valence-corrected chi connectivity index (χ4v) is 3.34. The lowest BCUT2D eigenvalue weighted by atomic mass is 9.85. The van der Waals surface area contributed by atoms with Crippen molar-refractivity contribution >= 4 is 16.9 Å². The van der Waals surface area contributed by atoms with Crippen LogP contribution in [-0.2, 0) is 9.53 Å². The van der Waals surface area contributed by atoms with E-state index in [2.05, 4.69) is 10.2 Å². The molecular formula is C21H19N3O4. The normalized spacial score (nSPS) is 15.7. The molecule has 1 aromatic heterocycles. The van der Waals surface area contributed by atoms with E-state index >= 15 is 0 Å². The van der Waals surface area contributed by atoms with E-state index in [4.69, 9.17) is 19.9 Å². The molecule has 0 spiro atoms. The highest BCUT2D eigenvalue weighted by molar-refractivity contribution is 5.94. The minimum Gasteiger partial charge on any atom is -0.497 e. The number of ether oxygens (including phenoxy) is 3. The molecule has 0 saturated heterocycles. The van der Waals surface area contributed by atoms with Crippen LogP contribution in [0.15, 0.2) is 60.0 Å². The van der Waals surface area contributed by atoms with Gasteiger partial charge in [0.15, 0.2) is 5.75 Å². The average molecular weight is 377 g/mol. The summed E-state index contributed by atoms with van der Waals surface area (Å²) < 4.78 is 16.4. The van der Waals surface area contributed by atoms with Crippen LogP contribution in [0.5, 0.6) is 11.5 Å². The van der Waals surface area contributed by atoms with Gasteiger partial charge in [-0.05, 0) is 30.7 Å². The van der Waals surface area contributed by atoms with E-state index < -0.39 is 11.9 Å². The van der Waals surface area contributed by atoms with Gasteiger partial charge in [-0.3, -0.25) is 0 Å². The van der Waals surface area contributed by atoms with Gasteiger partial charge in [0.1, 0.15) is 17.0 Å². The number of aromatic nitrogens is 2. The Bertz CT molecular complexity index is 1080. The van der Waals surface area contributed by atoms with E-state index in [1.54, 1.807) is 26.2 Å². The molecule has 7 heteroatoms. The van der Waals surface area contributed by atoms with Crippen LogP contribution in [0.2, 0.25) is 0 Å². The molecule has 1 aliphatic rings. The molecule has 0 amide bonds. The van der Waals surface area contributed by atoms with Gasteiger partial charge in [-0.1, -0.05) is 30.3 Å². The summed E-state index contributed by atoms with van der Waals surface area (Å²) in [7, 11) is 1.59. The molecule has 142 valence electrons. The van der Waals surface area contributed by atoms with Gasteiger partial charge in [-0.25, -0.2) is 4.79 Å². The lowest BCUT2D eigenvalue weighted by Crippen LogP contribution is -2.28. The Kier molecular flexibility index (Phi) is 4.57. The Balaban J connectivity index is 1.97. The summed E-state index contributed by atoms with van der Waals surface area (Å²) >= 11 is 0. The molecule has 28 heavy (non-hydrogen) atoms. The number of carbonyl (C=O) groups is 1. The van der Waals surface area contributed by atoms with Crippen molar-refractivity contribution in [2.45, 2.75) is 12.8 Å². The summed E-state index contributed by atoms with van der Waals surface area (Å²) in [6.07, 6.45) is 0. The molecule has 1 atom stereocenters. The maximum absolute atomic E-state index is 12.7. The maximum atomic E-state index is 12.7. The van der Waals surface area contributed by atoms with Crippen LogP contribution in [0, 0.1) is 0 Å². The molecule has 1 aliphatic heterocycles. The fourth-order valence-electron chi connectivity index (χ4n) is 3.34. The van der Waals surface area contributed by atoms with Crippen LogP contribution in [0.4, 0.5) is 0 Å². The Labute approximate surface area is 161 Å². The van der Waals surface area contributed by atoms with Gasteiger partial charge >= 0.3 is 5.97 Å². The van der Waals surface area contributed by atoms with Crippen LogP contribution < -0.4 is 15.2 Å². The Morgan fingerprint density at radius 2 is 1.96 bits per heavy atom. The average Bonchev–Trinajstić information content (AvgIpc) is 2.73. The van der Waals surface area contributed by atoms with E-state index in [1.165, 1.54) is 0 Å². The number of nitrogens with zero attached hydrogens (tertiary/aromatic N) is 2. The number of hydrogen-bond acceptors (Lipinski definition) is 7. The Morgan fingerprint density at radius 1 is 1.18 bits per heavy atom. The highest BCUT2D eigenvalue weighted by atomic mass is 16.5. The summed E-state index contributed by atoms with van der Waals surface area (Å²) in [6.45, 7) is 1.97. The number of fused-ring (bicyclic) bond motifs is 3. The number of carbonyl (C=O) groups excluding carboxylic acids is 1. The van der Waals surface area contributed by atoms with E-state index in [-0.39, 0.29) is 18.1 Å². The summed E-state index contributed by atoms with van der Waals surface area (Å²) in [4.78, 5) is 12.7. The molecular weight excluding hydrogens is 358 g/mol. The molecule has 0 radical (unpaired) electrons. The van der Waals surface area contributed by atoms with Gasteiger partial charge in [0, 0.05) is 0 Å². The lowest BCUT2D eigenvalue weighted by Gasteiger charge is -2.27. The predicted octanol–water partition coefficient (Wildman–Crippen LogP) is 2.90. The number of esters is 1. The first-order valence-electron chi connectivity index (χ1n) is 8.88. The van der Waals surface area contributed by atoms with E-state index in [1.807, 2.05) is 36.4 Å². The molecule has 0 bridgehead atoms. The number of rotatable bonds is 4. The lowest BCUT2D eigenvalue weighted by molar-refractivity contribution is -0.139. The van der Waals surface area contributed by atoms with Gasteiger partial charge in [0.25, 0.3) is 0 Å². The fraction of sp³-hybridized carbons (Fsp3) is 0.190. The van der Waals surface area contributed by atoms with Crippen molar-refractivity contribution in [2.24, 2.45) is 5.73 Å². The molecule has 2 heterocycles. The van der Waals surface area contributed by atoms with Crippen LogP contribution in [0.25, 0.3) is 10.9 Å². The maximum Gasteiger partial charge on any atom is 0.340 e. The SMILES string of the molecule is CCOC(=O)C1=C(N)Oc2c(nnc3ccc(OC)cc23)C1c1ccccc1. The highest BCUT2D eigenvalue weighted by Gasteiger charge is 2.38. The van der Waals surface area contributed by atoms with Crippen molar-refractivity contribution in [1.29, 1.82) is 0 Å². The van der Waals surface area contributed by atoms with Crippen molar-refractivity contribution in [2.75, 3.05) is 13.7 Å². The number of benzene rings is 2. The third-order valence-electron chi connectivity index (χ3n) is 4.61. The number of hydrogen-bond donors (Lipinski definition) is 1.